The summed E-state index contributed by atoms with van der Waals surface area (Å²) in [6, 6.07) is 8.23. The second-order valence-electron chi connectivity index (χ2n) is 5.19. The maximum Gasteiger partial charge on any atom is 0.401 e. The molecule has 0 saturated carbocycles. The van der Waals surface area contributed by atoms with Gasteiger partial charge in [0.25, 0.3) is 0 Å². The third-order valence-corrected chi connectivity index (χ3v) is 3.16. The number of fused-ring (bicyclic) bond motifs is 1. The number of furan rings is 1. The van der Waals surface area contributed by atoms with Crippen LogP contribution in [0.15, 0.2) is 34.7 Å². The van der Waals surface area contributed by atoms with Gasteiger partial charge in [-0.25, -0.2) is 0 Å². The van der Waals surface area contributed by atoms with Gasteiger partial charge in [0.2, 0.25) is 5.78 Å². The van der Waals surface area contributed by atoms with Gasteiger partial charge in [-0.15, -0.1) is 0 Å². The van der Waals surface area contributed by atoms with E-state index in [1.807, 2.05) is 0 Å². The molecule has 0 radical (unpaired) electrons. The minimum absolute atomic E-state index is 0.0871. The van der Waals surface area contributed by atoms with Gasteiger partial charge in [0.05, 0.1) is 13.1 Å². The Morgan fingerprint density at radius 1 is 1.29 bits per heavy atom. The zero-order valence-corrected chi connectivity index (χ0v) is 11.8. The summed E-state index contributed by atoms with van der Waals surface area (Å²) in [6.45, 7) is 1.81. The van der Waals surface area contributed by atoms with Crippen molar-refractivity contribution < 1.29 is 22.4 Å². The number of rotatable bonds is 5. The van der Waals surface area contributed by atoms with E-state index in [1.54, 1.807) is 44.2 Å². The summed E-state index contributed by atoms with van der Waals surface area (Å²) >= 11 is 0. The summed E-state index contributed by atoms with van der Waals surface area (Å²) in [5, 5.41) is 0.757. The smallest absolute Gasteiger partial charge is 0.401 e. The van der Waals surface area contributed by atoms with E-state index in [9.17, 15) is 18.0 Å². The Balaban J connectivity index is 2.14. The molecule has 1 aromatic carbocycles. The van der Waals surface area contributed by atoms with Crippen molar-refractivity contribution in [1.29, 1.82) is 0 Å². The first kappa shape index (κ1) is 15.6. The average Bonchev–Trinajstić information content (AvgIpc) is 2.80. The lowest BCUT2D eigenvalue weighted by Gasteiger charge is -2.26. The molecular weight excluding hydrogens is 283 g/mol. The van der Waals surface area contributed by atoms with Gasteiger partial charge in [-0.2, -0.15) is 13.2 Å². The predicted molar refractivity (Wildman–Crippen MR) is 73.3 cm³/mol. The lowest BCUT2D eigenvalue weighted by atomic mass is 10.2. The Kier molecular flexibility index (Phi) is 4.37. The molecule has 0 bridgehead atoms. The number of hydrogen-bond acceptors (Lipinski definition) is 3. The fourth-order valence-corrected chi connectivity index (χ4v) is 2.03. The summed E-state index contributed by atoms with van der Waals surface area (Å²) < 4.78 is 42.9. The number of nitrogens with zero attached hydrogens (tertiary/aromatic N) is 1. The van der Waals surface area contributed by atoms with E-state index < -0.39 is 18.5 Å². The number of ketones is 1. The van der Waals surface area contributed by atoms with Crippen LogP contribution in [0, 0.1) is 0 Å². The standard InChI is InChI=1S/C15H16F3NO2/c1-10(2)19(9-15(16,17)18)8-12(20)14-7-11-5-3-4-6-13(11)21-14/h3-7,10H,8-9H2,1-2H3. The van der Waals surface area contributed by atoms with E-state index in [4.69, 9.17) is 4.42 Å². The molecule has 0 atom stereocenters. The largest absolute Gasteiger partial charge is 0.453 e. The van der Waals surface area contributed by atoms with Gasteiger partial charge >= 0.3 is 6.18 Å². The second-order valence-corrected chi connectivity index (χ2v) is 5.19. The van der Waals surface area contributed by atoms with Gasteiger partial charge in [-0.1, -0.05) is 18.2 Å². The number of carbonyl (C=O) groups is 1. The number of Topliss-reactive ketones (excluding diaryl/α,β-unsaturated/α-hetero) is 1. The molecule has 0 aliphatic heterocycles. The normalized spacial score (nSPS) is 12.5. The maximum absolute atomic E-state index is 12.5. The third-order valence-electron chi connectivity index (χ3n) is 3.16. The summed E-state index contributed by atoms with van der Waals surface area (Å²) in [4.78, 5) is 13.2. The minimum Gasteiger partial charge on any atom is -0.453 e. The van der Waals surface area contributed by atoms with Crippen LogP contribution in [0.4, 0.5) is 13.2 Å². The molecule has 2 aromatic rings. The molecule has 6 heteroatoms. The highest BCUT2D eigenvalue weighted by Crippen LogP contribution is 2.21. The van der Waals surface area contributed by atoms with Gasteiger partial charge in [0.15, 0.2) is 5.76 Å². The number of para-hydroxylation sites is 1. The molecule has 0 aliphatic rings. The Morgan fingerprint density at radius 3 is 2.52 bits per heavy atom. The lowest BCUT2D eigenvalue weighted by molar-refractivity contribution is -0.148. The molecule has 2 rings (SSSR count). The summed E-state index contributed by atoms with van der Waals surface area (Å²) in [5.74, 6) is -0.367. The van der Waals surface area contributed by atoms with Crippen molar-refractivity contribution in [3.05, 3.63) is 36.1 Å². The van der Waals surface area contributed by atoms with Crippen LogP contribution in [0.3, 0.4) is 0 Å². The van der Waals surface area contributed by atoms with E-state index in [-0.39, 0.29) is 18.3 Å². The third kappa shape index (κ3) is 4.07. The first-order valence-corrected chi connectivity index (χ1v) is 6.59. The van der Waals surface area contributed by atoms with E-state index in [1.165, 1.54) is 0 Å². The maximum atomic E-state index is 12.5. The van der Waals surface area contributed by atoms with Crippen molar-refractivity contribution in [1.82, 2.24) is 4.90 Å². The van der Waals surface area contributed by atoms with E-state index >= 15 is 0 Å². The van der Waals surface area contributed by atoms with Crippen LogP contribution in [-0.4, -0.2) is 36.0 Å². The number of alkyl halides is 3. The van der Waals surface area contributed by atoms with Crippen molar-refractivity contribution in [3.8, 4) is 0 Å². The average molecular weight is 299 g/mol. The van der Waals surface area contributed by atoms with Crippen molar-refractivity contribution >= 4 is 16.8 Å². The highest BCUT2D eigenvalue weighted by atomic mass is 19.4. The molecule has 0 fully saturated rings. The molecule has 0 aliphatic carbocycles. The molecule has 21 heavy (non-hydrogen) atoms. The van der Waals surface area contributed by atoms with Crippen LogP contribution in [0.5, 0.6) is 0 Å². The van der Waals surface area contributed by atoms with Gasteiger partial charge in [-0.3, -0.25) is 9.69 Å². The molecule has 1 heterocycles. The van der Waals surface area contributed by atoms with E-state index in [0.717, 1.165) is 10.3 Å². The zero-order valence-electron chi connectivity index (χ0n) is 11.8. The minimum atomic E-state index is -4.33. The quantitative estimate of drug-likeness (QED) is 0.785. The SMILES string of the molecule is CC(C)N(CC(=O)c1cc2ccccc2o1)CC(F)(F)F. The highest BCUT2D eigenvalue weighted by Gasteiger charge is 2.33. The number of halogens is 3. The molecule has 114 valence electrons. The molecule has 0 N–H and O–H groups in total. The van der Waals surface area contributed by atoms with Gasteiger partial charge in [-0.05, 0) is 26.0 Å². The Hall–Kier alpha value is -1.82. The molecule has 3 nitrogen and oxygen atoms in total. The van der Waals surface area contributed by atoms with Crippen molar-refractivity contribution in [2.75, 3.05) is 13.1 Å². The van der Waals surface area contributed by atoms with Gasteiger partial charge in [0, 0.05) is 11.4 Å². The second kappa shape index (κ2) is 5.89. The monoisotopic (exact) mass is 299 g/mol. The van der Waals surface area contributed by atoms with E-state index in [2.05, 4.69) is 0 Å². The van der Waals surface area contributed by atoms with Crippen LogP contribution in [0.1, 0.15) is 24.4 Å². The van der Waals surface area contributed by atoms with Gasteiger partial charge < -0.3 is 4.42 Å². The Morgan fingerprint density at radius 2 is 1.95 bits per heavy atom. The number of benzene rings is 1. The van der Waals surface area contributed by atoms with Crippen LogP contribution in [-0.2, 0) is 0 Å². The Bertz CT molecular complexity index is 598. The summed E-state index contributed by atoms with van der Waals surface area (Å²) in [6.07, 6.45) is -4.33. The molecule has 0 saturated heterocycles. The Labute approximate surface area is 120 Å². The molecule has 0 amide bonds. The van der Waals surface area contributed by atoms with Crippen molar-refractivity contribution in [3.63, 3.8) is 0 Å². The van der Waals surface area contributed by atoms with Gasteiger partial charge in [0.1, 0.15) is 5.58 Å². The fraction of sp³-hybridized carbons (Fsp3) is 0.400. The lowest BCUT2D eigenvalue weighted by Crippen LogP contribution is -2.42. The van der Waals surface area contributed by atoms with Crippen LogP contribution in [0.2, 0.25) is 0 Å². The summed E-state index contributed by atoms with van der Waals surface area (Å²) in [7, 11) is 0. The topological polar surface area (TPSA) is 33.5 Å². The predicted octanol–water partition coefficient (Wildman–Crippen LogP) is 3.89. The fourth-order valence-electron chi connectivity index (χ4n) is 2.03. The molecule has 1 aromatic heterocycles. The highest BCUT2D eigenvalue weighted by molar-refractivity contribution is 5.98. The van der Waals surface area contributed by atoms with Crippen LogP contribution < -0.4 is 0 Å². The van der Waals surface area contributed by atoms with Crippen LogP contribution >= 0.6 is 0 Å². The number of carbonyl (C=O) groups excluding carboxylic acids is 1. The zero-order chi connectivity index (χ0) is 15.6. The summed E-state index contributed by atoms with van der Waals surface area (Å²) in [5.41, 5.74) is 0.549. The molecule has 0 unspecified atom stereocenters. The van der Waals surface area contributed by atoms with Crippen LogP contribution in [0.25, 0.3) is 11.0 Å². The van der Waals surface area contributed by atoms with Crippen molar-refractivity contribution in [2.45, 2.75) is 26.1 Å². The molecular formula is C15H16F3NO2. The number of hydrogen-bond donors (Lipinski definition) is 0. The first-order chi connectivity index (χ1) is 9.76. The van der Waals surface area contributed by atoms with Crippen molar-refractivity contribution in [2.24, 2.45) is 0 Å². The first-order valence-electron chi connectivity index (χ1n) is 6.59. The van der Waals surface area contributed by atoms with E-state index in [0.29, 0.717) is 5.58 Å². The molecule has 0 spiro atoms.